The van der Waals surface area contributed by atoms with E-state index in [2.05, 4.69) is 0 Å². The Hall–Kier alpha value is -1.42. The van der Waals surface area contributed by atoms with Crippen LogP contribution in [0.25, 0.3) is 10.9 Å². The predicted molar refractivity (Wildman–Crippen MR) is 69.6 cm³/mol. The molecule has 2 N–H and O–H groups in total. The van der Waals surface area contributed by atoms with Crippen molar-refractivity contribution in [3.05, 3.63) is 36.0 Å². The SMILES string of the molecule is Cn1cc(C(F)(F)C(C)(C)CN)c2ccccc21. The number of aromatic nitrogens is 1. The molecule has 1 aromatic heterocycles. The molecule has 4 heteroatoms. The maximum Gasteiger partial charge on any atom is 0.281 e. The first-order valence-corrected chi connectivity index (χ1v) is 5.93. The van der Waals surface area contributed by atoms with Gasteiger partial charge >= 0.3 is 0 Å². The van der Waals surface area contributed by atoms with Gasteiger partial charge in [0.2, 0.25) is 0 Å². The summed E-state index contributed by atoms with van der Waals surface area (Å²) in [4.78, 5) is 0. The topological polar surface area (TPSA) is 30.9 Å². The third-order valence-electron chi connectivity index (χ3n) is 3.60. The molecule has 0 spiro atoms. The van der Waals surface area contributed by atoms with Crippen molar-refractivity contribution in [2.24, 2.45) is 18.2 Å². The van der Waals surface area contributed by atoms with E-state index in [-0.39, 0.29) is 12.1 Å². The number of hydrogen-bond acceptors (Lipinski definition) is 1. The molecule has 0 radical (unpaired) electrons. The molecule has 2 nitrogen and oxygen atoms in total. The van der Waals surface area contributed by atoms with Crippen molar-refractivity contribution >= 4 is 10.9 Å². The van der Waals surface area contributed by atoms with Crippen molar-refractivity contribution < 1.29 is 8.78 Å². The van der Waals surface area contributed by atoms with Gasteiger partial charge in [-0.3, -0.25) is 0 Å². The summed E-state index contributed by atoms with van der Waals surface area (Å²) in [6, 6.07) is 7.19. The van der Waals surface area contributed by atoms with Crippen molar-refractivity contribution in [2.45, 2.75) is 19.8 Å². The van der Waals surface area contributed by atoms with E-state index >= 15 is 0 Å². The van der Waals surface area contributed by atoms with Gasteiger partial charge in [0.05, 0.1) is 0 Å². The zero-order valence-electron chi connectivity index (χ0n) is 10.9. The highest BCUT2D eigenvalue weighted by Gasteiger charge is 2.48. The van der Waals surface area contributed by atoms with Crippen LogP contribution in [0.15, 0.2) is 30.5 Å². The molecular formula is C14H18F2N2. The maximum absolute atomic E-state index is 14.6. The first-order chi connectivity index (χ1) is 8.31. The highest BCUT2D eigenvalue weighted by molar-refractivity contribution is 5.84. The fourth-order valence-electron chi connectivity index (χ4n) is 2.08. The lowest BCUT2D eigenvalue weighted by Crippen LogP contribution is -2.40. The predicted octanol–water partition coefficient (Wildman–Crippen LogP) is 3.26. The molecule has 0 aliphatic heterocycles. The largest absolute Gasteiger partial charge is 0.350 e. The van der Waals surface area contributed by atoms with Gasteiger partial charge in [0.25, 0.3) is 5.92 Å². The number of nitrogens with two attached hydrogens (primary N) is 1. The normalized spacial score (nSPS) is 13.2. The number of hydrogen-bond donors (Lipinski definition) is 1. The third kappa shape index (κ3) is 1.72. The van der Waals surface area contributed by atoms with Gasteiger partial charge in [-0.15, -0.1) is 0 Å². The van der Waals surface area contributed by atoms with Gasteiger partial charge in [-0.2, -0.15) is 0 Å². The average Bonchev–Trinajstić information content (AvgIpc) is 2.68. The summed E-state index contributed by atoms with van der Waals surface area (Å²) in [7, 11) is 1.78. The summed E-state index contributed by atoms with van der Waals surface area (Å²) in [6.07, 6.45) is 1.50. The zero-order chi connectivity index (χ0) is 13.6. The van der Waals surface area contributed by atoms with Crippen LogP contribution in [0.5, 0.6) is 0 Å². The number of halogens is 2. The van der Waals surface area contributed by atoms with Crippen molar-refractivity contribution in [1.29, 1.82) is 0 Å². The van der Waals surface area contributed by atoms with Gasteiger partial charge in [-0.25, -0.2) is 8.78 Å². The number of aryl methyl sites for hydroxylation is 1. The fourth-order valence-corrected chi connectivity index (χ4v) is 2.08. The van der Waals surface area contributed by atoms with Gasteiger partial charge in [-0.05, 0) is 6.07 Å². The van der Waals surface area contributed by atoms with Gasteiger partial charge in [0.15, 0.2) is 0 Å². The zero-order valence-corrected chi connectivity index (χ0v) is 10.9. The summed E-state index contributed by atoms with van der Waals surface area (Å²) >= 11 is 0. The van der Waals surface area contributed by atoms with E-state index in [1.807, 2.05) is 12.1 Å². The number of rotatable bonds is 3. The fraction of sp³-hybridized carbons (Fsp3) is 0.429. The third-order valence-corrected chi connectivity index (χ3v) is 3.60. The van der Waals surface area contributed by atoms with Crippen LogP contribution in [0.2, 0.25) is 0 Å². The Morgan fingerprint density at radius 3 is 2.44 bits per heavy atom. The molecule has 1 aromatic carbocycles. The monoisotopic (exact) mass is 252 g/mol. The van der Waals surface area contributed by atoms with Crippen LogP contribution >= 0.6 is 0 Å². The first-order valence-electron chi connectivity index (χ1n) is 5.93. The Labute approximate surface area is 105 Å². The molecule has 0 bridgehead atoms. The summed E-state index contributed by atoms with van der Waals surface area (Å²) in [5.41, 5.74) is 5.08. The van der Waals surface area contributed by atoms with Crippen LogP contribution < -0.4 is 5.73 Å². The van der Waals surface area contributed by atoms with E-state index < -0.39 is 11.3 Å². The van der Waals surface area contributed by atoms with Crippen LogP contribution in [0.4, 0.5) is 8.78 Å². The highest BCUT2D eigenvalue weighted by atomic mass is 19.3. The standard InChI is InChI=1S/C14H18F2N2/c1-13(2,9-17)14(15,16)11-8-18(3)12-7-5-4-6-10(11)12/h4-8H,9,17H2,1-3H3. The molecule has 0 saturated carbocycles. The molecular weight excluding hydrogens is 234 g/mol. The van der Waals surface area contributed by atoms with Crippen LogP contribution in [-0.2, 0) is 13.0 Å². The van der Waals surface area contributed by atoms with Gasteiger partial charge in [0, 0.05) is 41.7 Å². The Morgan fingerprint density at radius 2 is 1.83 bits per heavy atom. The second kappa shape index (κ2) is 4.05. The number of para-hydroxylation sites is 1. The van der Waals surface area contributed by atoms with E-state index in [0.29, 0.717) is 5.39 Å². The van der Waals surface area contributed by atoms with Gasteiger partial charge in [0.1, 0.15) is 0 Å². The number of alkyl halides is 2. The molecule has 1 heterocycles. The lowest BCUT2D eigenvalue weighted by atomic mass is 9.81. The minimum atomic E-state index is -2.96. The Kier molecular flexibility index (Phi) is 2.93. The number of fused-ring (bicyclic) bond motifs is 1. The second-order valence-corrected chi connectivity index (χ2v) is 5.33. The summed E-state index contributed by atoms with van der Waals surface area (Å²) in [5, 5.41) is 0.589. The molecule has 98 valence electrons. The van der Waals surface area contributed by atoms with Crippen LogP contribution in [-0.4, -0.2) is 11.1 Å². The summed E-state index contributed by atoms with van der Waals surface area (Å²) in [6.45, 7) is 2.92. The van der Waals surface area contributed by atoms with Crippen LogP contribution in [0, 0.1) is 5.41 Å². The molecule has 0 atom stereocenters. The molecule has 0 aliphatic rings. The average molecular weight is 252 g/mol. The first kappa shape index (κ1) is 13.0. The van der Waals surface area contributed by atoms with E-state index in [1.54, 1.807) is 23.7 Å². The molecule has 0 unspecified atom stereocenters. The molecule has 2 aromatic rings. The van der Waals surface area contributed by atoms with Crippen molar-refractivity contribution in [1.82, 2.24) is 4.57 Å². The molecule has 0 amide bonds. The minimum Gasteiger partial charge on any atom is -0.350 e. The Bertz CT molecular complexity index is 570. The molecule has 18 heavy (non-hydrogen) atoms. The Morgan fingerprint density at radius 1 is 1.22 bits per heavy atom. The minimum absolute atomic E-state index is 0.0519. The lowest BCUT2D eigenvalue weighted by molar-refractivity contribution is -0.107. The number of nitrogens with zero attached hydrogens (tertiary/aromatic N) is 1. The summed E-state index contributed by atoms with van der Waals surface area (Å²) < 4.78 is 30.9. The number of benzene rings is 1. The van der Waals surface area contributed by atoms with Gasteiger partial charge in [-0.1, -0.05) is 32.0 Å². The van der Waals surface area contributed by atoms with Crippen molar-refractivity contribution in [2.75, 3.05) is 6.54 Å². The van der Waals surface area contributed by atoms with Crippen LogP contribution in [0.1, 0.15) is 19.4 Å². The van der Waals surface area contributed by atoms with Crippen molar-refractivity contribution in [3.63, 3.8) is 0 Å². The van der Waals surface area contributed by atoms with Gasteiger partial charge < -0.3 is 10.3 Å². The van der Waals surface area contributed by atoms with E-state index in [0.717, 1.165) is 5.52 Å². The van der Waals surface area contributed by atoms with E-state index in [4.69, 9.17) is 5.73 Å². The smallest absolute Gasteiger partial charge is 0.281 e. The van der Waals surface area contributed by atoms with E-state index in [9.17, 15) is 8.78 Å². The highest BCUT2D eigenvalue weighted by Crippen LogP contribution is 2.46. The van der Waals surface area contributed by atoms with Crippen molar-refractivity contribution in [3.8, 4) is 0 Å². The summed E-state index contributed by atoms with van der Waals surface area (Å²) in [5.74, 6) is -2.96. The molecule has 0 saturated heterocycles. The molecule has 0 fully saturated rings. The maximum atomic E-state index is 14.6. The lowest BCUT2D eigenvalue weighted by Gasteiger charge is -2.32. The second-order valence-electron chi connectivity index (χ2n) is 5.33. The van der Waals surface area contributed by atoms with Crippen LogP contribution in [0.3, 0.4) is 0 Å². The van der Waals surface area contributed by atoms with E-state index in [1.165, 1.54) is 20.0 Å². The molecule has 2 rings (SSSR count). The Balaban J connectivity index is 2.68. The molecule has 0 aliphatic carbocycles. The quantitative estimate of drug-likeness (QED) is 0.893.